The summed E-state index contributed by atoms with van der Waals surface area (Å²) in [7, 11) is 1.90. The van der Waals surface area contributed by atoms with Crippen LogP contribution in [-0.4, -0.2) is 30.4 Å². The molecule has 2 atom stereocenters. The van der Waals surface area contributed by atoms with E-state index in [1.165, 1.54) is 12.1 Å². The first kappa shape index (κ1) is 16.6. The Morgan fingerprint density at radius 1 is 1.29 bits per heavy atom. The molecule has 1 aliphatic heterocycles. The monoisotopic (exact) mass is 331 g/mol. The van der Waals surface area contributed by atoms with Crippen molar-refractivity contribution >= 4 is 0 Å². The molecule has 0 aliphatic carbocycles. The Hall–Kier alpha value is -2.27. The van der Waals surface area contributed by atoms with Gasteiger partial charge in [-0.25, -0.2) is 4.39 Å². The van der Waals surface area contributed by atoms with Gasteiger partial charge in [-0.15, -0.1) is 0 Å². The third-order valence-corrected chi connectivity index (χ3v) is 4.64. The molecule has 1 heterocycles. The highest BCUT2D eigenvalue weighted by Gasteiger charge is 2.31. The predicted molar refractivity (Wildman–Crippen MR) is 90.1 cm³/mol. The molecule has 3 rings (SSSR count). The van der Waals surface area contributed by atoms with Gasteiger partial charge in [0.05, 0.1) is 6.61 Å². The summed E-state index contributed by atoms with van der Waals surface area (Å²) in [5.41, 5.74) is 1.85. The van der Waals surface area contributed by atoms with Crippen LogP contribution in [-0.2, 0) is 6.42 Å². The molecule has 2 aromatic rings. The second-order valence-electron chi connectivity index (χ2n) is 6.25. The normalized spacial score (nSPS) is 17.8. The van der Waals surface area contributed by atoms with E-state index in [2.05, 4.69) is 5.32 Å². The topological polar surface area (TPSA) is 61.7 Å². The number of benzene rings is 2. The first-order valence-electron chi connectivity index (χ1n) is 8.16. The molecule has 2 unspecified atom stereocenters. The van der Waals surface area contributed by atoms with E-state index in [0.717, 1.165) is 30.5 Å². The van der Waals surface area contributed by atoms with E-state index in [9.17, 15) is 14.6 Å². The Balaban J connectivity index is 1.91. The minimum Gasteiger partial charge on any atom is -0.504 e. The lowest BCUT2D eigenvalue weighted by Gasteiger charge is -2.33. The molecular formula is C19H22FNO3. The summed E-state index contributed by atoms with van der Waals surface area (Å²) in [5.74, 6) is 0.146. The fourth-order valence-corrected chi connectivity index (χ4v) is 3.54. The lowest BCUT2D eigenvalue weighted by Crippen LogP contribution is -2.30. The zero-order chi connectivity index (χ0) is 17.1. The van der Waals surface area contributed by atoms with Crippen molar-refractivity contribution < 1.29 is 19.3 Å². The molecule has 2 aromatic carbocycles. The van der Waals surface area contributed by atoms with Crippen LogP contribution in [0.4, 0.5) is 4.39 Å². The van der Waals surface area contributed by atoms with Gasteiger partial charge in [0.25, 0.3) is 0 Å². The van der Waals surface area contributed by atoms with E-state index in [0.29, 0.717) is 12.4 Å². The number of phenols is 2. The van der Waals surface area contributed by atoms with Gasteiger partial charge < -0.3 is 20.3 Å². The minimum absolute atomic E-state index is 0.163. The van der Waals surface area contributed by atoms with Gasteiger partial charge in [-0.3, -0.25) is 0 Å². The molecule has 24 heavy (non-hydrogen) atoms. The van der Waals surface area contributed by atoms with Crippen molar-refractivity contribution in [3.63, 3.8) is 0 Å². The molecular weight excluding hydrogens is 309 g/mol. The van der Waals surface area contributed by atoms with Crippen LogP contribution < -0.4 is 10.1 Å². The molecule has 0 amide bonds. The lowest BCUT2D eigenvalue weighted by molar-refractivity contribution is 0.223. The van der Waals surface area contributed by atoms with Crippen LogP contribution in [0, 0.1) is 11.7 Å². The van der Waals surface area contributed by atoms with Gasteiger partial charge in [-0.2, -0.15) is 0 Å². The summed E-state index contributed by atoms with van der Waals surface area (Å²) in [6, 6.07) is 9.97. The van der Waals surface area contributed by atoms with Crippen molar-refractivity contribution in [1.82, 2.24) is 5.32 Å². The van der Waals surface area contributed by atoms with Gasteiger partial charge >= 0.3 is 0 Å². The predicted octanol–water partition coefficient (Wildman–Crippen LogP) is 3.18. The molecule has 3 N–H and O–H groups in total. The van der Waals surface area contributed by atoms with Gasteiger partial charge in [-0.1, -0.05) is 18.2 Å². The van der Waals surface area contributed by atoms with Crippen molar-refractivity contribution in [1.29, 1.82) is 0 Å². The molecule has 1 aliphatic rings. The largest absolute Gasteiger partial charge is 0.504 e. The Morgan fingerprint density at radius 2 is 2.12 bits per heavy atom. The van der Waals surface area contributed by atoms with Gasteiger partial charge in [0, 0.05) is 5.56 Å². The maximum Gasteiger partial charge on any atom is 0.200 e. The van der Waals surface area contributed by atoms with Gasteiger partial charge in [0.1, 0.15) is 5.82 Å². The number of rotatable bonds is 5. The molecule has 4 nitrogen and oxygen atoms in total. The van der Waals surface area contributed by atoms with Crippen molar-refractivity contribution in [2.24, 2.45) is 5.92 Å². The number of halogens is 1. The van der Waals surface area contributed by atoms with Crippen LogP contribution in [0.2, 0.25) is 0 Å². The maximum atomic E-state index is 13.5. The summed E-state index contributed by atoms with van der Waals surface area (Å²) >= 11 is 0. The van der Waals surface area contributed by atoms with Crippen molar-refractivity contribution in [2.45, 2.75) is 18.8 Å². The first-order valence-corrected chi connectivity index (χ1v) is 8.16. The van der Waals surface area contributed by atoms with E-state index in [1.807, 2.05) is 19.2 Å². The van der Waals surface area contributed by atoms with Gasteiger partial charge in [-0.05, 0) is 62.0 Å². The van der Waals surface area contributed by atoms with E-state index in [1.54, 1.807) is 12.1 Å². The molecule has 128 valence electrons. The number of fused-ring (bicyclic) bond motifs is 1. The third kappa shape index (κ3) is 3.31. The number of phenolic OH excluding ortho intramolecular Hbond substituents is 2. The second-order valence-corrected chi connectivity index (χ2v) is 6.25. The van der Waals surface area contributed by atoms with Crippen molar-refractivity contribution in [2.75, 3.05) is 20.2 Å². The fourth-order valence-electron chi connectivity index (χ4n) is 3.54. The van der Waals surface area contributed by atoms with E-state index in [-0.39, 0.29) is 29.2 Å². The zero-order valence-corrected chi connectivity index (χ0v) is 13.6. The highest BCUT2D eigenvalue weighted by Crippen LogP contribution is 2.47. The van der Waals surface area contributed by atoms with Crippen LogP contribution in [0.15, 0.2) is 36.4 Å². The number of ether oxygens (including phenoxy) is 1. The number of hydrogen-bond acceptors (Lipinski definition) is 4. The summed E-state index contributed by atoms with van der Waals surface area (Å²) in [5, 5.41) is 23.0. The maximum absolute atomic E-state index is 13.5. The molecule has 0 aromatic heterocycles. The third-order valence-electron chi connectivity index (χ3n) is 4.64. The van der Waals surface area contributed by atoms with E-state index >= 15 is 0 Å². The second kappa shape index (κ2) is 7.09. The molecule has 5 heteroatoms. The van der Waals surface area contributed by atoms with Crippen LogP contribution in [0.1, 0.15) is 23.5 Å². The minimum atomic E-state index is -0.231. The molecule has 0 radical (unpaired) electrons. The number of aromatic hydroxyl groups is 2. The molecule has 0 spiro atoms. The van der Waals surface area contributed by atoms with Crippen LogP contribution in [0.25, 0.3) is 0 Å². The molecule has 0 saturated heterocycles. The standard InChI is InChI=1S/C19H22FNO3/c1-21-11-13(9-12-3-2-4-14(20)10-12)15-7-8-24-19-16(15)5-6-17(22)18(19)23/h2-6,10,13,15,21-23H,7-9,11H2,1H3. The molecule has 0 bridgehead atoms. The number of nitrogens with one attached hydrogen (secondary N) is 1. The van der Waals surface area contributed by atoms with Crippen LogP contribution >= 0.6 is 0 Å². The van der Waals surface area contributed by atoms with Crippen LogP contribution in [0.3, 0.4) is 0 Å². The van der Waals surface area contributed by atoms with Crippen LogP contribution in [0.5, 0.6) is 17.2 Å². The SMILES string of the molecule is CNCC(Cc1cccc(F)c1)C1CCOc2c1ccc(O)c2O. The molecule has 0 saturated carbocycles. The summed E-state index contributed by atoms with van der Waals surface area (Å²) in [6.45, 7) is 1.25. The smallest absolute Gasteiger partial charge is 0.200 e. The summed E-state index contributed by atoms with van der Waals surface area (Å²) < 4.78 is 19.1. The highest BCUT2D eigenvalue weighted by molar-refractivity contribution is 5.56. The Labute approximate surface area is 140 Å². The summed E-state index contributed by atoms with van der Waals surface area (Å²) in [4.78, 5) is 0. The van der Waals surface area contributed by atoms with E-state index in [4.69, 9.17) is 4.74 Å². The highest BCUT2D eigenvalue weighted by atomic mass is 19.1. The first-order chi connectivity index (χ1) is 11.6. The Morgan fingerprint density at radius 3 is 2.88 bits per heavy atom. The fraction of sp³-hybridized carbons (Fsp3) is 0.368. The average molecular weight is 331 g/mol. The van der Waals surface area contributed by atoms with Crippen molar-refractivity contribution in [3.05, 3.63) is 53.3 Å². The van der Waals surface area contributed by atoms with Crippen molar-refractivity contribution in [3.8, 4) is 17.2 Å². The average Bonchev–Trinajstić information content (AvgIpc) is 2.57. The Kier molecular flexibility index (Phi) is 4.90. The molecule has 0 fully saturated rings. The summed E-state index contributed by atoms with van der Waals surface area (Å²) in [6.07, 6.45) is 1.54. The van der Waals surface area contributed by atoms with E-state index < -0.39 is 0 Å². The Bertz CT molecular complexity index is 720. The zero-order valence-electron chi connectivity index (χ0n) is 13.6. The van der Waals surface area contributed by atoms with Gasteiger partial charge in [0.2, 0.25) is 5.75 Å². The quantitative estimate of drug-likeness (QED) is 0.737. The van der Waals surface area contributed by atoms with Gasteiger partial charge in [0.15, 0.2) is 11.5 Å². The lowest BCUT2D eigenvalue weighted by atomic mass is 9.78. The number of hydrogen-bond donors (Lipinski definition) is 3.